The van der Waals surface area contributed by atoms with Crippen LogP contribution in [0.25, 0.3) is 21.5 Å². The number of para-hydroxylation sites is 1. The number of nitrogens with zero attached hydrogens (tertiary/aromatic N) is 3. The Labute approximate surface area is 154 Å². The molecule has 5 nitrogen and oxygen atoms in total. The van der Waals surface area contributed by atoms with Gasteiger partial charge in [-0.1, -0.05) is 29.0 Å². The van der Waals surface area contributed by atoms with Gasteiger partial charge in [0.05, 0.1) is 9.90 Å². The molecule has 0 radical (unpaired) electrons. The Morgan fingerprint density at radius 3 is 2.69 bits per heavy atom. The second-order valence-corrected chi connectivity index (χ2v) is 6.62. The molecule has 0 unspecified atom stereocenters. The van der Waals surface area contributed by atoms with Gasteiger partial charge in [0, 0.05) is 11.8 Å². The van der Waals surface area contributed by atoms with Gasteiger partial charge in [0.15, 0.2) is 17.1 Å². The Balaban J connectivity index is 1.79. The fourth-order valence-electron chi connectivity index (χ4n) is 2.48. The van der Waals surface area contributed by atoms with Crippen molar-refractivity contribution in [2.24, 2.45) is 0 Å². The largest absolute Gasteiger partial charge is 0.443 e. The van der Waals surface area contributed by atoms with Gasteiger partial charge in [0.2, 0.25) is 6.41 Å². The van der Waals surface area contributed by atoms with E-state index in [2.05, 4.69) is 9.97 Å². The number of halogens is 3. The van der Waals surface area contributed by atoms with Gasteiger partial charge in [0.1, 0.15) is 22.8 Å². The van der Waals surface area contributed by atoms with Crippen molar-refractivity contribution >= 4 is 51.3 Å². The quantitative estimate of drug-likeness (QED) is 0.450. The van der Waals surface area contributed by atoms with Gasteiger partial charge in [-0.25, -0.2) is 18.7 Å². The van der Waals surface area contributed by atoms with Crippen molar-refractivity contribution in [2.45, 2.75) is 0 Å². The van der Waals surface area contributed by atoms with E-state index in [1.54, 1.807) is 12.1 Å². The molecule has 0 aliphatic heterocycles. The molecule has 1 amide bonds. The molecule has 4 aromatic rings. The van der Waals surface area contributed by atoms with E-state index in [4.69, 9.17) is 16.0 Å². The summed E-state index contributed by atoms with van der Waals surface area (Å²) in [6, 6.07) is 6.69. The van der Waals surface area contributed by atoms with Crippen LogP contribution in [0.3, 0.4) is 0 Å². The third kappa shape index (κ3) is 2.73. The fourth-order valence-corrected chi connectivity index (χ4v) is 3.72. The number of oxazole rings is 1. The van der Waals surface area contributed by atoms with E-state index in [1.807, 2.05) is 0 Å². The van der Waals surface area contributed by atoms with Crippen LogP contribution in [-0.4, -0.2) is 16.4 Å². The first kappa shape index (κ1) is 16.6. The van der Waals surface area contributed by atoms with Crippen LogP contribution in [0.5, 0.6) is 0 Å². The highest BCUT2D eigenvalue weighted by molar-refractivity contribution is 7.19. The molecule has 130 valence electrons. The Morgan fingerprint density at radius 2 is 1.96 bits per heavy atom. The molecule has 0 saturated heterocycles. The lowest BCUT2D eigenvalue weighted by atomic mass is 10.2. The van der Waals surface area contributed by atoms with Crippen LogP contribution < -0.4 is 4.90 Å². The van der Waals surface area contributed by atoms with Crippen molar-refractivity contribution < 1.29 is 18.0 Å². The summed E-state index contributed by atoms with van der Waals surface area (Å²) in [4.78, 5) is 21.0. The first-order valence-electron chi connectivity index (χ1n) is 7.26. The van der Waals surface area contributed by atoms with E-state index in [9.17, 15) is 13.6 Å². The van der Waals surface area contributed by atoms with E-state index in [0.29, 0.717) is 33.0 Å². The van der Waals surface area contributed by atoms with E-state index >= 15 is 0 Å². The molecule has 0 N–H and O–H groups in total. The Hall–Kier alpha value is -2.84. The molecule has 0 saturated carbocycles. The van der Waals surface area contributed by atoms with Gasteiger partial charge in [0.25, 0.3) is 0 Å². The number of thiazole rings is 1. The monoisotopic (exact) mass is 391 g/mol. The molecule has 26 heavy (non-hydrogen) atoms. The number of hydrogen-bond acceptors (Lipinski definition) is 5. The molecule has 2 aromatic carbocycles. The third-order valence-electron chi connectivity index (χ3n) is 3.67. The average molecular weight is 392 g/mol. The lowest BCUT2D eigenvalue weighted by Crippen LogP contribution is -2.16. The van der Waals surface area contributed by atoms with E-state index in [0.717, 1.165) is 28.4 Å². The zero-order chi connectivity index (χ0) is 18.3. The number of amides is 1. The van der Waals surface area contributed by atoms with Gasteiger partial charge in [-0.15, -0.1) is 0 Å². The summed E-state index contributed by atoms with van der Waals surface area (Å²) >= 11 is 7.34. The normalized spacial score (nSPS) is 11.0. The second-order valence-electron chi connectivity index (χ2n) is 5.20. The van der Waals surface area contributed by atoms with Gasteiger partial charge >= 0.3 is 0 Å². The number of carbonyl (C=O) groups is 1. The Bertz CT molecular complexity index is 1110. The average Bonchev–Trinajstić information content (AvgIpc) is 3.26. The number of hydrogen-bond donors (Lipinski definition) is 0. The van der Waals surface area contributed by atoms with Crippen LogP contribution in [0.15, 0.2) is 47.3 Å². The van der Waals surface area contributed by atoms with Crippen molar-refractivity contribution in [3.63, 3.8) is 0 Å². The lowest BCUT2D eigenvalue weighted by Gasteiger charge is -2.15. The predicted octanol–water partition coefficient (Wildman–Crippen LogP) is 5.18. The lowest BCUT2D eigenvalue weighted by molar-refractivity contribution is -0.106. The minimum Gasteiger partial charge on any atom is -0.443 e. The smallest absolute Gasteiger partial charge is 0.220 e. The van der Waals surface area contributed by atoms with Crippen LogP contribution in [-0.2, 0) is 4.79 Å². The molecule has 0 fully saturated rings. The van der Waals surface area contributed by atoms with E-state index in [1.165, 1.54) is 18.7 Å². The van der Waals surface area contributed by atoms with Crippen LogP contribution in [0.2, 0.25) is 5.02 Å². The summed E-state index contributed by atoms with van der Waals surface area (Å²) in [6.07, 6.45) is 3.09. The number of aromatic nitrogens is 2. The van der Waals surface area contributed by atoms with Crippen LogP contribution in [0.4, 0.5) is 19.6 Å². The van der Waals surface area contributed by atoms with Crippen LogP contribution in [0.1, 0.15) is 0 Å². The minimum atomic E-state index is -0.866. The summed E-state index contributed by atoms with van der Waals surface area (Å²) < 4.78 is 33.3. The molecule has 0 atom stereocenters. The summed E-state index contributed by atoms with van der Waals surface area (Å²) in [6.45, 7) is 0. The van der Waals surface area contributed by atoms with Gasteiger partial charge in [-0.3, -0.25) is 9.69 Å². The number of anilines is 2. The molecule has 4 rings (SSSR count). The van der Waals surface area contributed by atoms with Crippen molar-refractivity contribution in [2.75, 3.05) is 4.90 Å². The Morgan fingerprint density at radius 1 is 1.19 bits per heavy atom. The standard InChI is InChI=1S/C17H8ClF2N3O2S/c18-10-5-13-14(25-7-22-13)4-9(10)15-6-21-17(26-15)23(8-24)16-11(19)2-1-3-12(16)20/h1-8H. The van der Waals surface area contributed by atoms with Crippen molar-refractivity contribution in [3.05, 3.63) is 59.6 Å². The predicted molar refractivity (Wildman–Crippen MR) is 94.7 cm³/mol. The summed E-state index contributed by atoms with van der Waals surface area (Å²) in [5.74, 6) is -1.73. The van der Waals surface area contributed by atoms with Crippen molar-refractivity contribution in [1.29, 1.82) is 0 Å². The molecule has 0 aliphatic carbocycles. The molecule has 0 bridgehead atoms. The Kier molecular flexibility index (Phi) is 4.14. The SMILES string of the molecule is O=CN(c1ncc(-c2cc3ocnc3cc2Cl)s1)c1c(F)cccc1F. The van der Waals surface area contributed by atoms with E-state index < -0.39 is 17.3 Å². The first-order valence-corrected chi connectivity index (χ1v) is 8.45. The van der Waals surface area contributed by atoms with Gasteiger partial charge in [-0.05, 0) is 24.3 Å². The zero-order valence-corrected chi connectivity index (χ0v) is 14.4. The topological polar surface area (TPSA) is 59.2 Å². The van der Waals surface area contributed by atoms with Crippen molar-refractivity contribution in [3.8, 4) is 10.4 Å². The highest BCUT2D eigenvalue weighted by Crippen LogP contribution is 2.39. The number of benzene rings is 2. The number of fused-ring (bicyclic) bond motifs is 1. The van der Waals surface area contributed by atoms with Gasteiger partial charge in [-0.2, -0.15) is 0 Å². The molecular weight excluding hydrogens is 384 g/mol. The maximum Gasteiger partial charge on any atom is 0.220 e. The van der Waals surface area contributed by atoms with Crippen LogP contribution >= 0.6 is 22.9 Å². The fraction of sp³-hybridized carbons (Fsp3) is 0. The summed E-state index contributed by atoms with van der Waals surface area (Å²) in [5.41, 5.74) is 1.26. The summed E-state index contributed by atoms with van der Waals surface area (Å²) in [7, 11) is 0. The summed E-state index contributed by atoms with van der Waals surface area (Å²) in [5, 5.41) is 0.518. The number of rotatable bonds is 4. The maximum atomic E-state index is 14.0. The molecule has 2 heterocycles. The molecule has 0 spiro atoms. The van der Waals surface area contributed by atoms with E-state index in [-0.39, 0.29) is 5.13 Å². The maximum absolute atomic E-state index is 14.0. The zero-order valence-electron chi connectivity index (χ0n) is 12.8. The molecule has 0 aliphatic rings. The minimum absolute atomic E-state index is 0.104. The van der Waals surface area contributed by atoms with Crippen molar-refractivity contribution in [1.82, 2.24) is 9.97 Å². The molecule has 9 heteroatoms. The third-order valence-corrected chi connectivity index (χ3v) is 5.01. The number of carbonyl (C=O) groups excluding carboxylic acids is 1. The molecule has 2 aromatic heterocycles. The highest BCUT2D eigenvalue weighted by atomic mass is 35.5. The highest BCUT2D eigenvalue weighted by Gasteiger charge is 2.21. The first-order chi connectivity index (χ1) is 12.6. The van der Waals surface area contributed by atoms with Gasteiger partial charge < -0.3 is 4.42 Å². The molecular formula is C17H8ClF2N3O2S. The van der Waals surface area contributed by atoms with Crippen LogP contribution in [0, 0.1) is 11.6 Å². The second kappa shape index (κ2) is 6.47.